The number of aliphatic hydroxyl groups is 4. The molecule has 5 nitrogen and oxygen atoms in total. The fourth-order valence-corrected chi connectivity index (χ4v) is 13.6. The zero-order valence-corrected chi connectivity index (χ0v) is 29.5. The Bertz CT molecular complexity index is 949. The van der Waals surface area contributed by atoms with Gasteiger partial charge in [-0.2, -0.15) is 0 Å². The third kappa shape index (κ3) is 6.47. The highest BCUT2D eigenvalue weighted by molar-refractivity contribution is 5.12. The van der Waals surface area contributed by atoms with Crippen molar-refractivity contribution in [1.82, 2.24) is 0 Å². The van der Waals surface area contributed by atoms with Gasteiger partial charge in [-0.1, -0.05) is 85.0 Å². The van der Waals surface area contributed by atoms with Gasteiger partial charge in [-0.25, -0.2) is 0 Å². The second kappa shape index (κ2) is 14.3. The Balaban J connectivity index is 1.16. The molecule has 0 heterocycles. The minimum Gasteiger partial charge on any atom is -0.393 e. The molecular formula is C40H70O5. The molecule has 0 aliphatic heterocycles. The van der Waals surface area contributed by atoms with Gasteiger partial charge in [0.2, 0.25) is 0 Å². The van der Waals surface area contributed by atoms with E-state index in [1.54, 1.807) is 6.92 Å². The SMILES string of the molecule is COC1CCC(CCCCC2CCCCC2)CC1C1CCC(C)C2C(O)C3C(CC12)CC1CC(O)C(C(C)O)C(O)C1(C)C3C. The van der Waals surface area contributed by atoms with Crippen molar-refractivity contribution in [3.05, 3.63) is 0 Å². The molecule has 4 N–H and O–H groups in total. The van der Waals surface area contributed by atoms with E-state index >= 15 is 0 Å². The maximum absolute atomic E-state index is 12.4. The molecule has 6 aliphatic rings. The lowest BCUT2D eigenvalue weighted by molar-refractivity contribution is -0.237. The van der Waals surface area contributed by atoms with Crippen molar-refractivity contribution in [3.8, 4) is 0 Å². The summed E-state index contributed by atoms with van der Waals surface area (Å²) in [4.78, 5) is 0. The van der Waals surface area contributed by atoms with E-state index in [0.29, 0.717) is 48.0 Å². The molecular weight excluding hydrogens is 560 g/mol. The summed E-state index contributed by atoms with van der Waals surface area (Å²) in [6.45, 7) is 8.59. The van der Waals surface area contributed by atoms with Gasteiger partial charge in [-0.05, 0) is 122 Å². The van der Waals surface area contributed by atoms with Crippen LogP contribution in [0.15, 0.2) is 0 Å². The normalized spacial score (nSPS) is 51.5. The number of fused-ring (bicyclic) bond motifs is 3. The highest BCUT2D eigenvalue weighted by Crippen LogP contribution is 2.65. The Labute approximate surface area is 275 Å². The monoisotopic (exact) mass is 631 g/mol. The third-order valence-electron chi connectivity index (χ3n) is 16.1. The fraction of sp³-hybridized carbons (Fsp3) is 1.00. The van der Waals surface area contributed by atoms with Crippen LogP contribution in [-0.4, -0.2) is 58.1 Å². The first kappa shape index (κ1) is 34.7. The minimum absolute atomic E-state index is 0.146. The lowest BCUT2D eigenvalue weighted by Crippen LogP contribution is -2.66. The number of aliphatic hydroxyl groups excluding tert-OH is 4. The fourth-order valence-electron chi connectivity index (χ4n) is 13.6. The Hall–Kier alpha value is -0.200. The lowest BCUT2D eigenvalue weighted by Gasteiger charge is -2.65. The second-order valence-electron chi connectivity index (χ2n) is 18.1. The number of ether oxygens (including phenoxy) is 1. The quantitative estimate of drug-likeness (QED) is 0.207. The van der Waals surface area contributed by atoms with Crippen LogP contribution in [0.5, 0.6) is 0 Å². The van der Waals surface area contributed by atoms with Gasteiger partial charge < -0.3 is 25.2 Å². The zero-order chi connectivity index (χ0) is 32.0. The van der Waals surface area contributed by atoms with Crippen molar-refractivity contribution >= 4 is 0 Å². The van der Waals surface area contributed by atoms with Crippen molar-refractivity contribution in [1.29, 1.82) is 0 Å². The van der Waals surface area contributed by atoms with Gasteiger partial charge in [-0.15, -0.1) is 0 Å². The minimum atomic E-state index is -0.757. The van der Waals surface area contributed by atoms with Gasteiger partial charge in [-0.3, -0.25) is 0 Å². The van der Waals surface area contributed by atoms with Gasteiger partial charge >= 0.3 is 0 Å². The Morgan fingerprint density at radius 1 is 0.756 bits per heavy atom. The van der Waals surface area contributed by atoms with E-state index in [2.05, 4.69) is 20.8 Å². The largest absolute Gasteiger partial charge is 0.393 e. The molecule has 6 fully saturated rings. The van der Waals surface area contributed by atoms with Crippen LogP contribution in [0.4, 0.5) is 0 Å². The summed E-state index contributed by atoms with van der Waals surface area (Å²) in [6, 6.07) is 0. The second-order valence-corrected chi connectivity index (χ2v) is 18.1. The van der Waals surface area contributed by atoms with Crippen LogP contribution in [0.25, 0.3) is 0 Å². The van der Waals surface area contributed by atoms with Crippen LogP contribution in [0.3, 0.4) is 0 Å². The highest BCUT2D eigenvalue weighted by Gasteiger charge is 2.64. The number of unbranched alkanes of at least 4 members (excludes halogenated alkanes) is 1. The highest BCUT2D eigenvalue weighted by atomic mass is 16.5. The number of rotatable bonds is 8. The molecule has 6 saturated carbocycles. The van der Waals surface area contributed by atoms with Crippen LogP contribution in [0, 0.1) is 76.4 Å². The maximum atomic E-state index is 12.4. The van der Waals surface area contributed by atoms with Crippen molar-refractivity contribution in [3.63, 3.8) is 0 Å². The first-order valence-electron chi connectivity index (χ1n) is 19.8. The summed E-state index contributed by atoms with van der Waals surface area (Å²) in [5.41, 5.74) is -0.401. The van der Waals surface area contributed by atoms with Crippen molar-refractivity contribution < 1.29 is 25.2 Å². The predicted molar refractivity (Wildman–Crippen MR) is 180 cm³/mol. The molecule has 260 valence electrons. The first-order chi connectivity index (χ1) is 21.6. The molecule has 0 saturated heterocycles. The molecule has 17 atom stereocenters. The van der Waals surface area contributed by atoms with Crippen molar-refractivity contribution in [2.24, 2.45) is 76.4 Å². The van der Waals surface area contributed by atoms with Gasteiger partial charge in [0.05, 0.1) is 30.5 Å². The topological polar surface area (TPSA) is 90.2 Å². The summed E-state index contributed by atoms with van der Waals surface area (Å²) in [5, 5.41) is 45.7. The van der Waals surface area contributed by atoms with Gasteiger partial charge in [0.25, 0.3) is 0 Å². The summed E-state index contributed by atoms with van der Waals surface area (Å²) < 4.78 is 6.27. The van der Waals surface area contributed by atoms with Crippen molar-refractivity contribution in [2.45, 2.75) is 167 Å². The number of hydrogen-bond donors (Lipinski definition) is 4. The molecule has 5 heteroatoms. The van der Waals surface area contributed by atoms with E-state index in [0.717, 1.165) is 18.3 Å². The van der Waals surface area contributed by atoms with E-state index < -0.39 is 29.6 Å². The molecule has 0 aromatic carbocycles. The van der Waals surface area contributed by atoms with Gasteiger partial charge in [0.15, 0.2) is 0 Å². The number of methoxy groups -OCH3 is 1. The molecule has 0 amide bonds. The summed E-state index contributed by atoms with van der Waals surface area (Å²) in [7, 11) is 1.95. The van der Waals surface area contributed by atoms with E-state index in [1.807, 2.05) is 7.11 Å². The molecule has 0 aromatic heterocycles. The average molecular weight is 631 g/mol. The van der Waals surface area contributed by atoms with Crippen LogP contribution in [-0.2, 0) is 4.74 Å². The molecule has 45 heavy (non-hydrogen) atoms. The molecule has 6 aliphatic carbocycles. The number of hydrogen-bond acceptors (Lipinski definition) is 5. The molecule has 0 radical (unpaired) electrons. The smallest absolute Gasteiger partial charge is 0.0676 e. The third-order valence-corrected chi connectivity index (χ3v) is 16.1. The molecule has 17 unspecified atom stereocenters. The first-order valence-corrected chi connectivity index (χ1v) is 19.8. The van der Waals surface area contributed by atoms with Gasteiger partial charge in [0, 0.05) is 13.0 Å². The van der Waals surface area contributed by atoms with Crippen LogP contribution >= 0.6 is 0 Å². The summed E-state index contributed by atoms with van der Waals surface area (Å²) in [6.07, 6.45) is 19.9. The molecule has 0 bridgehead atoms. The Morgan fingerprint density at radius 2 is 1.47 bits per heavy atom. The Kier molecular flexibility index (Phi) is 11.0. The molecule has 6 rings (SSSR count). The maximum Gasteiger partial charge on any atom is 0.0676 e. The molecule has 0 aromatic rings. The standard InChI is InChI=1S/C40H70O5/c1-23-15-17-30(31-19-27(16-18-34(31)45-5)14-10-9-13-26-11-7-6-8-12-26)32-21-28-20-29-22-33(42)37(25(3)41)39(44)40(29,4)24(2)36(28)38(43)35(23)32/h23-39,41-44H,6-22H2,1-5H3. The summed E-state index contributed by atoms with van der Waals surface area (Å²) >= 11 is 0. The van der Waals surface area contributed by atoms with E-state index in [1.165, 1.54) is 96.3 Å². The van der Waals surface area contributed by atoms with E-state index in [4.69, 9.17) is 4.74 Å². The lowest BCUT2D eigenvalue weighted by atomic mass is 9.41. The average Bonchev–Trinajstić information content (AvgIpc) is 3.01. The van der Waals surface area contributed by atoms with Crippen LogP contribution in [0.1, 0.15) is 137 Å². The van der Waals surface area contributed by atoms with Gasteiger partial charge in [0.1, 0.15) is 0 Å². The Morgan fingerprint density at radius 3 is 2.16 bits per heavy atom. The van der Waals surface area contributed by atoms with E-state index in [9.17, 15) is 20.4 Å². The molecule has 0 spiro atoms. The van der Waals surface area contributed by atoms with E-state index in [-0.39, 0.29) is 23.9 Å². The summed E-state index contributed by atoms with van der Waals surface area (Å²) in [5.74, 6) is 4.89. The van der Waals surface area contributed by atoms with Crippen LogP contribution < -0.4 is 0 Å². The predicted octanol–water partition coefficient (Wildman–Crippen LogP) is 7.62. The zero-order valence-electron chi connectivity index (χ0n) is 29.5. The van der Waals surface area contributed by atoms with Crippen molar-refractivity contribution in [2.75, 3.05) is 7.11 Å². The van der Waals surface area contributed by atoms with Crippen LogP contribution in [0.2, 0.25) is 0 Å².